The molecule has 28 heavy (non-hydrogen) atoms. The fraction of sp³-hybridized carbons (Fsp3) is 0.250. The number of rotatable bonds is 3. The molecule has 0 bridgehead atoms. The first kappa shape index (κ1) is 18.3. The highest BCUT2D eigenvalue weighted by atomic mass is 35.5. The molecule has 0 aliphatic carbocycles. The minimum absolute atomic E-state index is 0.000819. The second-order valence-electron chi connectivity index (χ2n) is 6.73. The topological polar surface area (TPSA) is 87.7 Å². The molecular formula is C20H18ClN3O4. The van der Waals surface area contributed by atoms with Gasteiger partial charge < -0.3 is 20.3 Å². The Labute approximate surface area is 166 Å². The van der Waals surface area contributed by atoms with E-state index in [9.17, 15) is 14.4 Å². The largest absolute Gasteiger partial charge is 0.479 e. The maximum absolute atomic E-state index is 12.7. The van der Waals surface area contributed by atoms with Crippen molar-refractivity contribution in [2.75, 3.05) is 22.1 Å². The second kappa shape index (κ2) is 7.16. The third kappa shape index (κ3) is 3.41. The Hall–Kier alpha value is -3.06. The number of hydrogen-bond donors (Lipinski definition) is 2. The van der Waals surface area contributed by atoms with E-state index in [1.165, 1.54) is 0 Å². The van der Waals surface area contributed by atoms with E-state index < -0.39 is 6.10 Å². The number of nitrogens with zero attached hydrogens (tertiary/aromatic N) is 1. The van der Waals surface area contributed by atoms with Gasteiger partial charge in [-0.25, -0.2) is 0 Å². The minimum atomic E-state index is -0.561. The molecule has 1 fully saturated rings. The molecule has 2 aliphatic rings. The van der Waals surface area contributed by atoms with Crippen molar-refractivity contribution < 1.29 is 19.1 Å². The summed E-state index contributed by atoms with van der Waals surface area (Å²) in [6.45, 7) is 2.25. The van der Waals surface area contributed by atoms with Crippen molar-refractivity contribution in [1.29, 1.82) is 0 Å². The first-order valence-corrected chi connectivity index (χ1v) is 9.33. The van der Waals surface area contributed by atoms with Crippen molar-refractivity contribution in [2.24, 2.45) is 0 Å². The van der Waals surface area contributed by atoms with Gasteiger partial charge in [0.2, 0.25) is 5.91 Å². The summed E-state index contributed by atoms with van der Waals surface area (Å²) in [5.74, 6) is -0.0416. The normalized spacial score (nSPS) is 18.4. The Morgan fingerprint density at radius 1 is 1.25 bits per heavy atom. The Morgan fingerprint density at radius 3 is 2.82 bits per heavy atom. The SMILES string of the molecule is CC1Oc2ccc(NC(=O)c3ccc(Cl)c(N4CCCC4=O)c3)cc2NC1=O. The molecule has 0 saturated carbocycles. The molecule has 0 aromatic heterocycles. The second-order valence-corrected chi connectivity index (χ2v) is 7.14. The molecule has 2 heterocycles. The first-order valence-electron chi connectivity index (χ1n) is 8.95. The summed E-state index contributed by atoms with van der Waals surface area (Å²) in [5.41, 5.74) is 1.93. The van der Waals surface area contributed by atoms with Crippen LogP contribution < -0.4 is 20.3 Å². The lowest BCUT2D eigenvalue weighted by atomic mass is 10.1. The van der Waals surface area contributed by atoms with E-state index in [1.54, 1.807) is 48.2 Å². The predicted molar refractivity (Wildman–Crippen MR) is 106 cm³/mol. The van der Waals surface area contributed by atoms with Gasteiger partial charge in [0.15, 0.2) is 6.10 Å². The van der Waals surface area contributed by atoms with Gasteiger partial charge in [0.1, 0.15) is 5.75 Å². The van der Waals surface area contributed by atoms with Crippen LogP contribution in [0.5, 0.6) is 5.75 Å². The molecule has 2 N–H and O–H groups in total. The summed E-state index contributed by atoms with van der Waals surface area (Å²) in [5, 5.41) is 5.96. The smallest absolute Gasteiger partial charge is 0.265 e. The summed E-state index contributed by atoms with van der Waals surface area (Å²) in [6, 6.07) is 9.86. The maximum atomic E-state index is 12.7. The van der Waals surface area contributed by atoms with Crippen molar-refractivity contribution in [2.45, 2.75) is 25.9 Å². The summed E-state index contributed by atoms with van der Waals surface area (Å²) in [4.78, 5) is 38.1. The third-order valence-electron chi connectivity index (χ3n) is 4.74. The van der Waals surface area contributed by atoms with Gasteiger partial charge in [-0.05, 0) is 49.7 Å². The number of ether oxygens (including phenoxy) is 1. The van der Waals surface area contributed by atoms with Crippen molar-refractivity contribution in [3.8, 4) is 5.75 Å². The number of amides is 3. The first-order chi connectivity index (χ1) is 13.4. The molecule has 1 saturated heterocycles. The van der Waals surface area contributed by atoms with E-state index in [4.69, 9.17) is 16.3 Å². The van der Waals surface area contributed by atoms with Crippen LogP contribution in [-0.4, -0.2) is 30.4 Å². The highest BCUT2D eigenvalue weighted by Crippen LogP contribution is 2.33. The zero-order chi connectivity index (χ0) is 19.8. The number of nitrogens with one attached hydrogen (secondary N) is 2. The molecule has 1 unspecified atom stereocenters. The van der Waals surface area contributed by atoms with Crippen LogP contribution in [0.2, 0.25) is 5.02 Å². The summed E-state index contributed by atoms with van der Waals surface area (Å²) < 4.78 is 5.51. The Balaban J connectivity index is 1.55. The van der Waals surface area contributed by atoms with Crippen molar-refractivity contribution in [3.63, 3.8) is 0 Å². The van der Waals surface area contributed by atoms with Crippen LogP contribution in [0.25, 0.3) is 0 Å². The zero-order valence-corrected chi connectivity index (χ0v) is 15.9. The number of carbonyl (C=O) groups is 3. The van der Waals surface area contributed by atoms with Gasteiger partial charge >= 0.3 is 0 Å². The van der Waals surface area contributed by atoms with Crippen LogP contribution in [0, 0.1) is 0 Å². The van der Waals surface area contributed by atoms with Crippen LogP contribution in [0.3, 0.4) is 0 Å². The van der Waals surface area contributed by atoms with Crippen LogP contribution in [0.4, 0.5) is 17.1 Å². The number of anilines is 3. The van der Waals surface area contributed by atoms with E-state index in [0.29, 0.717) is 46.4 Å². The minimum Gasteiger partial charge on any atom is -0.479 e. The standard InChI is InChI=1S/C20H18ClN3O4/c1-11-19(26)23-15-10-13(5-7-17(15)28-11)22-20(27)12-4-6-14(21)16(9-12)24-8-2-3-18(24)25/h4-7,9-11H,2-3,8H2,1H3,(H,22,27)(H,23,26). The van der Waals surface area contributed by atoms with Crippen molar-refractivity contribution in [3.05, 3.63) is 47.0 Å². The maximum Gasteiger partial charge on any atom is 0.265 e. The molecule has 2 aromatic rings. The molecule has 7 nitrogen and oxygen atoms in total. The third-order valence-corrected chi connectivity index (χ3v) is 5.06. The lowest BCUT2D eigenvalue weighted by Crippen LogP contribution is -2.34. The Morgan fingerprint density at radius 2 is 2.07 bits per heavy atom. The van der Waals surface area contributed by atoms with Crippen LogP contribution in [-0.2, 0) is 9.59 Å². The van der Waals surface area contributed by atoms with E-state index in [2.05, 4.69) is 10.6 Å². The Bertz CT molecular complexity index is 991. The van der Waals surface area contributed by atoms with Crippen LogP contribution >= 0.6 is 11.6 Å². The van der Waals surface area contributed by atoms with Crippen LogP contribution in [0.1, 0.15) is 30.1 Å². The summed E-state index contributed by atoms with van der Waals surface area (Å²) >= 11 is 6.23. The molecule has 0 radical (unpaired) electrons. The lowest BCUT2D eigenvalue weighted by Gasteiger charge is -2.23. The predicted octanol–water partition coefficient (Wildman–Crippen LogP) is 3.44. The monoisotopic (exact) mass is 399 g/mol. The zero-order valence-electron chi connectivity index (χ0n) is 15.1. The molecule has 2 aliphatic heterocycles. The number of fused-ring (bicyclic) bond motifs is 1. The summed E-state index contributed by atoms with van der Waals surface area (Å²) in [7, 11) is 0. The van der Waals surface area contributed by atoms with Crippen molar-refractivity contribution >= 4 is 46.4 Å². The molecule has 3 amide bonds. The van der Waals surface area contributed by atoms with Gasteiger partial charge in [0, 0.05) is 24.2 Å². The number of benzene rings is 2. The van der Waals surface area contributed by atoms with Crippen LogP contribution in [0.15, 0.2) is 36.4 Å². The van der Waals surface area contributed by atoms with Gasteiger partial charge in [0.25, 0.3) is 11.8 Å². The van der Waals surface area contributed by atoms with E-state index in [0.717, 1.165) is 6.42 Å². The number of carbonyl (C=O) groups excluding carboxylic acids is 3. The molecule has 144 valence electrons. The van der Waals surface area contributed by atoms with Gasteiger partial charge in [0.05, 0.1) is 16.4 Å². The average Bonchev–Trinajstić information content (AvgIpc) is 3.09. The fourth-order valence-corrected chi connectivity index (χ4v) is 3.47. The van der Waals surface area contributed by atoms with Gasteiger partial charge in [-0.3, -0.25) is 14.4 Å². The molecule has 2 aromatic carbocycles. The quantitative estimate of drug-likeness (QED) is 0.827. The lowest BCUT2D eigenvalue weighted by molar-refractivity contribution is -0.122. The van der Waals surface area contributed by atoms with E-state index in [-0.39, 0.29) is 17.7 Å². The average molecular weight is 400 g/mol. The highest BCUT2D eigenvalue weighted by molar-refractivity contribution is 6.34. The Kier molecular flexibility index (Phi) is 4.68. The van der Waals surface area contributed by atoms with Crippen molar-refractivity contribution in [1.82, 2.24) is 0 Å². The van der Waals surface area contributed by atoms with Gasteiger partial charge in [-0.1, -0.05) is 11.6 Å². The molecular weight excluding hydrogens is 382 g/mol. The van der Waals surface area contributed by atoms with Gasteiger partial charge in [-0.15, -0.1) is 0 Å². The van der Waals surface area contributed by atoms with Gasteiger partial charge in [-0.2, -0.15) is 0 Å². The number of hydrogen-bond acceptors (Lipinski definition) is 4. The van der Waals surface area contributed by atoms with E-state index >= 15 is 0 Å². The molecule has 1 atom stereocenters. The molecule has 4 rings (SSSR count). The molecule has 0 spiro atoms. The van der Waals surface area contributed by atoms with E-state index in [1.807, 2.05) is 0 Å². The highest BCUT2D eigenvalue weighted by Gasteiger charge is 2.25. The fourth-order valence-electron chi connectivity index (χ4n) is 3.25. The molecule has 8 heteroatoms. The number of halogens is 1. The summed E-state index contributed by atoms with van der Waals surface area (Å²) in [6.07, 6.45) is 0.690.